The summed E-state index contributed by atoms with van der Waals surface area (Å²) in [5, 5.41) is 3.83. The van der Waals surface area contributed by atoms with Crippen LogP contribution >= 0.6 is 0 Å². The molecule has 4 rings (SSSR count). The van der Waals surface area contributed by atoms with Crippen molar-refractivity contribution < 1.29 is 9.18 Å². The molecule has 2 aromatic carbocycles. The summed E-state index contributed by atoms with van der Waals surface area (Å²) in [6.07, 6.45) is 9.08. The molecule has 1 saturated heterocycles. The van der Waals surface area contributed by atoms with E-state index < -0.39 is 5.82 Å². The monoisotopic (exact) mass is 386 g/mol. The number of aromatic nitrogens is 2. The molecular weight excluding hydrogens is 367 g/mol. The average Bonchev–Trinajstić information content (AvgIpc) is 3.25. The quantitative estimate of drug-likeness (QED) is 0.544. The van der Waals surface area contributed by atoms with Crippen LogP contribution < -0.4 is 5.32 Å². The number of rotatable bonds is 4. The Balaban J connectivity index is 1.68. The highest BCUT2D eigenvalue weighted by molar-refractivity contribution is 5.91. The summed E-state index contributed by atoms with van der Waals surface area (Å²) >= 11 is 0. The van der Waals surface area contributed by atoms with E-state index >= 15 is 0 Å². The predicted octanol–water partition coefficient (Wildman–Crippen LogP) is 4.00. The lowest BCUT2D eigenvalue weighted by molar-refractivity contribution is -0.125. The lowest BCUT2D eigenvalue weighted by atomic mass is 9.97. The van der Waals surface area contributed by atoms with Gasteiger partial charge < -0.3 is 10.2 Å². The molecule has 0 unspecified atom stereocenters. The summed E-state index contributed by atoms with van der Waals surface area (Å²) in [4.78, 5) is 22.3. The molecule has 0 radical (unpaired) electrons. The van der Waals surface area contributed by atoms with E-state index in [1.165, 1.54) is 18.5 Å². The summed E-state index contributed by atoms with van der Waals surface area (Å²) in [5.74, 6) is 2.76. The highest BCUT2D eigenvalue weighted by atomic mass is 19.1. The standard InChI is InChI=1S/C23H19FN4O/c1-3-15-5-7-19(24)21(11-15)27-23-18-12-16(6-8-20(18)25-14-26-23)17-9-10-28(13-17)22(29)4-2/h1,4-8,11-12,14,17H,2,9-10,13H2,(H,25,26,27)/t17-/m1/s1. The number of hydrogen-bond donors (Lipinski definition) is 1. The number of fused-ring (bicyclic) bond motifs is 1. The van der Waals surface area contributed by atoms with Crippen LogP contribution in [0.25, 0.3) is 10.9 Å². The number of anilines is 2. The highest BCUT2D eigenvalue weighted by Crippen LogP contribution is 2.32. The fourth-order valence-electron chi connectivity index (χ4n) is 3.63. The lowest BCUT2D eigenvalue weighted by Gasteiger charge is -2.15. The van der Waals surface area contributed by atoms with Gasteiger partial charge in [0.05, 0.1) is 11.2 Å². The maximum Gasteiger partial charge on any atom is 0.245 e. The Kier molecular flexibility index (Phi) is 4.96. The lowest BCUT2D eigenvalue weighted by Crippen LogP contribution is -2.26. The molecule has 5 nitrogen and oxygen atoms in total. The van der Waals surface area contributed by atoms with Crippen molar-refractivity contribution in [3.8, 4) is 12.3 Å². The van der Waals surface area contributed by atoms with Crippen molar-refractivity contribution in [2.75, 3.05) is 18.4 Å². The molecule has 1 atom stereocenters. The van der Waals surface area contributed by atoms with Crippen molar-refractivity contribution in [1.29, 1.82) is 0 Å². The minimum Gasteiger partial charge on any atom is -0.339 e. The van der Waals surface area contributed by atoms with Gasteiger partial charge in [-0.05, 0) is 48.4 Å². The molecule has 1 aliphatic heterocycles. The minimum atomic E-state index is -0.415. The van der Waals surface area contributed by atoms with Gasteiger partial charge in [0.2, 0.25) is 5.91 Å². The first-order chi connectivity index (χ1) is 14.1. The molecule has 0 spiro atoms. The number of likely N-dealkylation sites (tertiary alicyclic amines) is 1. The van der Waals surface area contributed by atoms with Crippen LogP contribution in [0.5, 0.6) is 0 Å². The molecule has 144 valence electrons. The number of nitrogens with one attached hydrogen (secondary N) is 1. The van der Waals surface area contributed by atoms with Gasteiger partial charge in [-0.3, -0.25) is 4.79 Å². The Bertz CT molecular complexity index is 1150. The third-order valence-corrected chi connectivity index (χ3v) is 5.19. The second-order valence-corrected chi connectivity index (χ2v) is 6.94. The smallest absolute Gasteiger partial charge is 0.245 e. The molecule has 0 aliphatic carbocycles. The molecule has 1 N–H and O–H groups in total. The molecule has 0 bridgehead atoms. The van der Waals surface area contributed by atoms with Gasteiger partial charge in [0, 0.05) is 30.0 Å². The first-order valence-electron chi connectivity index (χ1n) is 9.28. The van der Waals surface area contributed by atoms with E-state index in [9.17, 15) is 9.18 Å². The molecule has 1 aromatic heterocycles. The molecule has 29 heavy (non-hydrogen) atoms. The zero-order chi connectivity index (χ0) is 20.4. The van der Waals surface area contributed by atoms with Crippen molar-refractivity contribution in [2.24, 2.45) is 0 Å². The van der Waals surface area contributed by atoms with Gasteiger partial charge in [-0.2, -0.15) is 0 Å². The maximum atomic E-state index is 14.2. The summed E-state index contributed by atoms with van der Waals surface area (Å²) in [6.45, 7) is 4.90. The normalized spacial score (nSPS) is 15.9. The second-order valence-electron chi connectivity index (χ2n) is 6.94. The van der Waals surface area contributed by atoms with Crippen LogP contribution in [0.15, 0.2) is 55.4 Å². The van der Waals surface area contributed by atoms with E-state index in [1.54, 1.807) is 17.0 Å². The number of terminal acetylenes is 1. The van der Waals surface area contributed by atoms with E-state index in [1.807, 2.05) is 18.2 Å². The third-order valence-electron chi connectivity index (χ3n) is 5.19. The molecule has 2 heterocycles. The Morgan fingerprint density at radius 1 is 1.31 bits per heavy atom. The van der Waals surface area contributed by atoms with Crippen molar-refractivity contribution in [3.05, 3.63) is 72.3 Å². The van der Waals surface area contributed by atoms with Crippen molar-refractivity contribution in [3.63, 3.8) is 0 Å². The first kappa shape index (κ1) is 18.6. The van der Waals surface area contributed by atoms with Crippen LogP contribution in [-0.2, 0) is 4.79 Å². The van der Waals surface area contributed by atoms with Crippen LogP contribution in [0.4, 0.5) is 15.9 Å². The number of benzene rings is 2. The van der Waals surface area contributed by atoms with Crippen LogP contribution in [-0.4, -0.2) is 33.9 Å². The van der Waals surface area contributed by atoms with Crippen LogP contribution in [0, 0.1) is 18.2 Å². The van der Waals surface area contributed by atoms with Gasteiger partial charge in [-0.15, -0.1) is 6.42 Å². The molecule has 1 aliphatic rings. The van der Waals surface area contributed by atoms with E-state index in [2.05, 4.69) is 27.8 Å². The van der Waals surface area contributed by atoms with Gasteiger partial charge in [0.25, 0.3) is 0 Å². The topological polar surface area (TPSA) is 58.1 Å². The molecule has 1 amide bonds. The summed E-state index contributed by atoms with van der Waals surface area (Å²) in [6, 6.07) is 10.4. The predicted molar refractivity (Wildman–Crippen MR) is 111 cm³/mol. The van der Waals surface area contributed by atoms with Crippen molar-refractivity contribution >= 4 is 28.3 Å². The summed E-state index contributed by atoms with van der Waals surface area (Å²) < 4.78 is 14.2. The van der Waals surface area contributed by atoms with E-state index in [0.29, 0.717) is 24.5 Å². The Morgan fingerprint density at radius 3 is 2.97 bits per heavy atom. The van der Waals surface area contributed by atoms with E-state index in [0.717, 1.165) is 22.9 Å². The minimum absolute atomic E-state index is 0.0529. The first-order valence-corrected chi connectivity index (χ1v) is 9.28. The molecule has 3 aromatic rings. The van der Waals surface area contributed by atoms with Gasteiger partial charge >= 0.3 is 0 Å². The Labute approximate surface area is 168 Å². The van der Waals surface area contributed by atoms with E-state index in [4.69, 9.17) is 6.42 Å². The van der Waals surface area contributed by atoms with E-state index in [-0.39, 0.29) is 17.5 Å². The Hall–Kier alpha value is -3.72. The van der Waals surface area contributed by atoms with Gasteiger partial charge in [-0.1, -0.05) is 18.6 Å². The van der Waals surface area contributed by atoms with Crippen LogP contribution in [0.2, 0.25) is 0 Å². The number of carbonyl (C=O) groups is 1. The number of carbonyl (C=O) groups excluding carboxylic acids is 1. The van der Waals surface area contributed by atoms with Crippen LogP contribution in [0.1, 0.15) is 23.5 Å². The van der Waals surface area contributed by atoms with Crippen LogP contribution in [0.3, 0.4) is 0 Å². The summed E-state index contributed by atoms with van der Waals surface area (Å²) in [5.41, 5.74) is 2.67. The van der Waals surface area contributed by atoms with Crippen molar-refractivity contribution in [2.45, 2.75) is 12.3 Å². The third kappa shape index (κ3) is 3.67. The fourth-order valence-corrected chi connectivity index (χ4v) is 3.63. The number of hydrogen-bond acceptors (Lipinski definition) is 4. The SMILES string of the molecule is C#Cc1ccc(F)c(Nc2ncnc3ccc([C@@H]4CCN(C(=O)C=C)C4)cc23)c1. The highest BCUT2D eigenvalue weighted by Gasteiger charge is 2.26. The molecule has 0 saturated carbocycles. The van der Waals surface area contributed by atoms with Gasteiger partial charge in [-0.25, -0.2) is 14.4 Å². The van der Waals surface area contributed by atoms with Gasteiger partial charge in [0.15, 0.2) is 0 Å². The largest absolute Gasteiger partial charge is 0.339 e. The van der Waals surface area contributed by atoms with Crippen molar-refractivity contribution in [1.82, 2.24) is 14.9 Å². The number of amides is 1. The summed E-state index contributed by atoms with van der Waals surface area (Å²) in [7, 11) is 0. The zero-order valence-electron chi connectivity index (χ0n) is 15.7. The second kappa shape index (κ2) is 7.72. The molecular formula is C23H19FN4O. The average molecular weight is 386 g/mol. The number of halogens is 1. The number of nitrogens with zero attached hydrogens (tertiary/aromatic N) is 3. The van der Waals surface area contributed by atoms with Gasteiger partial charge in [0.1, 0.15) is 18.0 Å². The zero-order valence-corrected chi connectivity index (χ0v) is 15.7. The Morgan fingerprint density at radius 2 is 2.17 bits per heavy atom. The molecule has 6 heteroatoms. The fraction of sp³-hybridized carbons (Fsp3) is 0.174. The molecule has 1 fully saturated rings. The maximum absolute atomic E-state index is 14.2.